The van der Waals surface area contributed by atoms with Crippen LogP contribution in [-0.4, -0.2) is 51.7 Å². The molecule has 0 radical (unpaired) electrons. The third-order valence-electron chi connectivity index (χ3n) is 3.00. The molecule has 1 amide bonds. The second kappa shape index (κ2) is 4.83. The van der Waals surface area contributed by atoms with Gasteiger partial charge < -0.3 is 10.2 Å². The smallest absolute Gasteiger partial charge is 0.293 e. The van der Waals surface area contributed by atoms with Gasteiger partial charge in [-0.15, -0.1) is 5.10 Å². The van der Waals surface area contributed by atoms with Gasteiger partial charge in [0.2, 0.25) is 5.82 Å². The van der Waals surface area contributed by atoms with Gasteiger partial charge in [-0.25, -0.2) is 4.98 Å². The first-order valence-corrected chi connectivity index (χ1v) is 6.03. The van der Waals surface area contributed by atoms with Crippen LogP contribution in [0.2, 0.25) is 0 Å². The Hall–Kier alpha value is -1.43. The summed E-state index contributed by atoms with van der Waals surface area (Å²) in [5.41, 5.74) is 0. The van der Waals surface area contributed by atoms with Crippen molar-refractivity contribution >= 4 is 5.91 Å². The number of hydrogen-bond donors (Lipinski definition) is 2. The summed E-state index contributed by atoms with van der Waals surface area (Å²) in [6, 6.07) is 0.192. The number of nitrogens with zero attached hydrogens (tertiary/aromatic N) is 3. The van der Waals surface area contributed by atoms with Crippen molar-refractivity contribution in [3.8, 4) is 0 Å². The van der Waals surface area contributed by atoms with Crippen molar-refractivity contribution in [2.24, 2.45) is 0 Å². The lowest BCUT2D eigenvalue weighted by molar-refractivity contribution is 0.0643. The molecule has 6 nitrogen and oxygen atoms in total. The van der Waals surface area contributed by atoms with E-state index in [4.69, 9.17) is 0 Å². The number of H-pyrrole nitrogens is 1. The Morgan fingerprint density at radius 3 is 2.88 bits per heavy atom. The van der Waals surface area contributed by atoms with Gasteiger partial charge in [-0.1, -0.05) is 13.8 Å². The summed E-state index contributed by atoms with van der Waals surface area (Å²) in [4.78, 5) is 18.3. The molecule has 0 saturated carbocycles. The van der Waals surface area contributed by atoms with Gasteiger partial charge in [-0.3, -0.25) is 9.89 Å². The molecule has 0 aromatic carbocycles. The number of hydrogen-bond acceptors (Lipinski definition) is 4. The number of carbonyl (C=O) groups excluding carboxylic acids is 1. The van der Waals surface area contributed by atoms with Gasteiger partial charge in [-0.2, -0.15) is 0 Å². The summed E-state index contributed by atoms with van der Waals surface area (Å²) in [6.07, 6.45) is 0. The minimum absolute atomic E-state index is 0.0813. The van der Waals surface area contributed by atoms with Crippen molar-refractivity contribution in [2.45, 2.75) is 32.7 Å². The Kier molecular flexibility index (Phi) is 3.42. The third-order valence-corrected chi connectivity index (χ3v) is 3.00. The van der Waals surface area contributed by atoms with Crippen molar-refractivity contribution in [2.75, 3.05) is 19.6 Å². The minimum Gasteiger partial charge on any atom is -0.331 e. The maximum absolute atomic E-state index is 12.2. The predicted molar refractivity (Wildman–Crippen MR) is 63.8 cm³/mol. The summed E-state index contributed by atoms with van der Waals surface area (Å²) in [6.45, 7) is 8.43. The standard InChI is InChI=1S/C11H19N5O/c1-7(2)9-13-10(15-14-9)11(17)16-5-4-12-6-8(16)3/h7-8,12H,4-6H2,1-3H3,(H,13,14,15)/t8-/m1/s1. The summed E-state index contributed by atoms with van der Waals surface area (Å²) < 4.78 is 0. The average molecular weight is 237 g/mol. The molecule has 1 aliphatic heterocycles. The van der Waals surface area contributed by atoms with Crippen molar-refractivity contribution in [1.82, 2.24) is 25.4 Å². The fourth-order valence-corrected chi connectivity index (χ4v) is 1.90. The summed E-state index contributed by atoms with van der Waals surface area (Å²) in [7, 11) is 0. The highest BCUT2D eigenvalue weighted by Gasteiger charge is 2.26. The van der Waals surface area contributed by atoms with Crippen LogP contribution in [0.1, 0.15) is 43.1 Å². The number of aromatic amines is 1. The van der Waals surface area contributed by atoms with Crippen molar-refractivity contribution < 1.29 is 4.79 Å². The first-order valence-electron chi connectivity index (χ1n) is 6.03. The highest BCUT2D eigenvalue weighted by Crippen LogP contribution is 2.11. The molecule has 0 bridgehead atoms. The number of aromatic nitrogens is 3. The van der Waals surface area contributed by atoms with E-state index in [9.17, 15) is 4.79 Å². The molecule has 0 unspecified atom stereocenters. The molecule has 0 spiro atoms. The normalized spacial score (nSPS) is 20.9. The zero-order chi connectivity index (χ0) is 12.4. The maximum atomic E-state index is 12.2. The number of carbonyl (C=O) groups is 1. The highest BCUT2D eigenvalue weighted by molar-refractivity contribution is 5.90. The zero-order valence-electron chi connectivity index (χ0n) is 10.5. The molecular formula is C11H19N5O. The van der Waals surface area contributed by atoms with Crippen LogP contribution in [0.25, 0.3) is 0 Å². The van der Waals surface area contributed by atoms with E-state index in [-0.39, 0.29) is 23.7 Å². The van der Waals surface area contributed by atoms with Gasteiger partial charge in [0.15, 0.2) is 0 Å². The SMILES string of the molecule is CC(C)c1nc(C(=O)N2CCNC[C@H]2C)n[nH]1. The van der Waals surface area contributed by atoms with E-state index >= 15 is 0 Å². The molecule has 94 valence electrons. The third kappa shape index (κ3) is 2.46. The molecule has 1 aliphatic rings. The van der Waals surface area contributed by atoms with Crippen LogP contribution in [0.15, 0.2) is 0 Å². The average Bonchev–Trinajstić information content (AvgIpc) is 2.78. The van der Waals surface area contributed by atoms with Crippen LogP contribution in [0.3, 0.4) is 0 Å². The molecule has 17 heavy (non-hydrogen) atoms. The van der Waals surface area contributed by atoms with Gasteiger partial charge >= 0.3 is 0 Å². The quantitative estimate of drug-likeness (QED) is 0.779. The number of rotatable bonds is 2. The van der Waals surface area contributed by atoms with E-state index in [2.05, 4.69) is 20.5 Å². The number of nitrogens with one attached hydrogen (secondary N) is 2. The first kappa shape index (κ1) is 12.0. The zero-order valence-corrected chi connectivity index (χ0v) is 10.5. The van der Waals surface area contributed by atoms with E-state index in [1.54, 1.807) is 0 Å². The fourth-order valence-electron chi connectivity index (χ4n) is 1.90. The highest BCUT2D eigenvalue weighted by atomic mass is 16.2. The summed E-state index contributed by atoms with van der Waals surface area (Å²) >= 11 is 0. The van der Waals surface area contributed by atoms with Crippen molar-refractivity contribution in [3.05, 3.63) is 11.6 Å². The molecule has 1 aromatic heterocycles. The van der Waals surface area contributed by atoms with Crippen LogP contribution in [0.5, 0.6) is 0 Å². The molecule has 2 rings (SSSR count). The first-order chi connectivity index (χ1) is 8.09. The fraction of sp³-hybridized carbons (Fsp3) is 0.727. The Morgan fingerprint density at radius 2 is 2.29 bits per heavy atom. The van der Waals surface area contributed by atoms with Crippen LogP contribution in [0.4, 0.5) is 0 Å². The summed E-state index contributed by atoms with van der Waals surface area (Å²) in [5, 5.41) is 10.1. The van der Waals surface area contributed by atoms with Crippen LogP contribution in [-0.2, 0) is 0 Å². The van der Waals surface area contributed by atoms with Gasteiger partial charge in [0, 0.05) is 31.6 Å². The molecular weight excluding hydrogens is 218 g/mol. The van der Waals surface area contributed by atoms with E-state index in [0.29, 0.717) is 6.54 Å². The van der Waals surface area contributed by atoms with E-state index in [1.807, 2.05) is 25.7 Å². The predicted octanol–water partition coefficient (Wildman–Crippen LogP) is 0.362. The maximum Gasteiger partial charge on any atom is 0.293 e. The monoisotopic (exact) mass is 237 g/mol. The lowest BCUT2D eigenvalue weighted by Crippen LogP contribution is -2.52. The molecule has 1 saturated heterocycles. The second-order valence-electron chi connectivity index (χ2n) is 4.75. The minimum atomic E-state index is -0.0813. The Labute approximate surface area is 101 Å². The molecule has 6 heteroatoms. The van der Waals surface area contributed by atoms with E-state index in [1.165, 1.54) is 0 Å². The van der Waals surface area contributed by atoms with Gasteiger partial charge in [0.25, 0.3) is 5.91 Å². The Balaban J connectivity index is 2.12. The number of piperazine rings is 1. The lowest BCUT2D eigenvalue weighted by atomic mass is 10.2. The summed E-state index contributed by atoms with van der Waals surface area (Å²) in [5.74, 6) is 1.21. The Bertz CT molecular complexity index is 400. The van der Waals surface area contributed by atoms with Crippen molar-refractivity contribution in [1.29, 1.82) is 0 Å². The van der Waals surface area contributed by atoms with Crippen LogP contribution >= 0.6 is 0 Å². The Morgan fingerprint density at radius 1 is 1.53 bits per heavy atom. The molecule has 1 fully saturated rings. The van der Waals surface area contributed by atoms with Crippen LogP contribution < -0.4 is 5.32 Å². The van der Waals surface area contributed by atoms with Gasteiger partial charge in [-0.05, 0) is 6.92 Å². The molecule has 1 aromatic rings. The lowest BCUT2D eigenvalue weighted by Gasteiger charge is -2.33. The van der Waals surface area contributed by atoms with Crippen molar-refractivity contribution in [3.63, 3.8) is 0 Å². The molecule has 1 atom stereocenters. The van der Waals surface area contributed by atoms with E-state index < -0.39 is 0 Å². The molecule has 2 heterocycles. The molecule has 2 N–H and O–H groups in total. The van der Waals surface area contributed by atoms with Crippen LogP contribution in [0, 0.1) is 0 Å². The van der Waals surface area contributed by atoms with E-state index in [0.717, 1.165) is 18.9 Å². The van der Waals surface area contributed by atoms with Gasteiger partial charge in [0.05, 0.1) is 0 Å². The largest absolute Gasteiger partial charge is 0.331 e. The second-order valence-corrected chi connectivity index (χ2v) is 4.75. The topological polar surface area (TPSA) is 73.9 Å². The number of amides is 1. The molecule has 0 aliphatic carbocycles. The van der Waals surface area contributed by atoms with Gasteiger partial charge in [0.1, 0.15) is 5.82 Å².